The van der Waals surface area contributed by atoms with Gasteiger partial charge >= 0.3 is 6.18 Å². The van der Waals surface area contributed by atoms with Crippen LogP contribution in [-0.2, 0) is 20.8 Å². The summed E-state index contributed by atoms with van der Waals surface area (Å²) >= 11 is 0. The molecule has 0 unspecified atom stereocenters. The van der Waals surface area contributed by atoms with Crippen LogP contribution >= 0.6 is 0 Å². The van der Waals surface area contributed by atoms with Crippen molar-refractivity contribution in [2.24, 2.45) is 0 Å². The molecule has 1 N–H and O–H groups in total. The lowest BCUT2D eigenvalue weighted by atomic mass is 10.1. The van der Waals surface area contributed by atoms with Crippen molar-refractivity contribution in [3.63, 3.8) is 0 Å². The minimum Gasteiger partial charge on any atom is -0.497 e. The van der Waals surface area contributed by atoms with Crippen molar-refractivity contribution in [1.29, 1.82) is 0 Å². The van der Waals surface area contributed by atoms with E-state index in [1.165, 1.54) is 37.4 Å². The highest BCUT2D eigenvalue weighted by Gasteiger charge is 2.35. The predicted octanol–water partition coefficient (Wildman–Crippen LogP) is 3.27. The minimum absolute atomic E-state index is 0.0852. The Bertz CT molecular complexity index is 1220. The molecule has 2 heterocycles. The van der Waals surface area contributed by atoms with Crippen LogP contribution in [0.25, 0.3) is 11.3 Å². The van der Waals surface area contributed by atoms with Crippen LogP contribution in [0, 0.1) is 6.92 Å². The number of nitrogens with zero attached hydrogens (tertiary/aromatic N) is 3. The van der Waals surface area contributed by atoms with Crippen LogP contribution in [0.3, 0.4) is 0 Å². The first-order valence-electron chi connectivity index (χ1n) is 9.04. The van der Waals surface area contributed by atoms with Gasteiger partial charge in [0.05, 0.1) is 18.6 Å². The quantitative estimate of drug-likeness (QED) is 0.522. The number of hydrogen-bond donors (Lipinski definition) is 1. The van der Waals surface area contributed by atoms with Crippen LogP contribution in [-0.4, -0.2) is 42.3 Å². The van der Waals surface area contributed by atoms with Crippen molar-refractivity contribution in [3.8, 4) is 17.0 Å². The summed E-state index contributed by atoms with van der Waals surface area (Å²) < 4.78 is 75.1. The number of benzene rings is 1. The fourth-order valence-corrected chi connectivity index (χ4v) is 3.68. The largest absolute Gasteiger partial charge is 0.497 e. The minimum atomic E-state index is -4.91. The van der Waals surface area contributed by atoms with Crippen LogP contribution in [0.5, 0.6) is 5.75 Å². The summed E-state index contributed by atoms with van der Waals surface area (Å²) in [6.45, 7) is 1.60. The summed E-state index contributed by atoms with van der Waals surface area (Å²) in [5.41, 5.74) is -1.43. The third kappa shape index (κ3) is 5.60. The highest BCUT2D eigenvalue weighted by atomic mass is 32.2. The Balaban J connectivity index is 1.87. The topological polar surface area (TPSA) is 124 Å². The van der Waals surface area contributed by atoms with E-state index in [0.717, 1.165) is 0 Å². The second-order valence-corrected chi connectivity index (χ2v) is 8.59. The number of carbonyl (C=O) groups is 1. The molecule has 0 saturated carbocycles. The standard InChI is InChI=1S/C19H17F3N4O5S/c1-11-9-16(26-31-11)25-17(27)7-8-32(28,29)18-23-14(10-15(24-18)19(20,21)22)12-3-5-13(30-2)6-4-12/h3-6,9-10H,7-8H2,1-2H3,(H,25,26,27). The van der Waals surface area contributed by atoms with Gasteiger partial charge in [-0.1, -0.05) is 5.16 Å². The number of aromatic nitrogens is 3. The Morgan fingerprint density at radius 3 is 2.41 bits per heavy atom. The number of alkyl halides is 3. The first-order chi connectivity index (χ1) is 15.0. The molecule has 1 amide bonds. The van der Waals surface area contributed by atoms with Crippen molar-refractivity contribution in [2.45, 2.75) is 24.7 Å². The van der Waals surface area contributed by atoms with Gasteiger partial charge in [-0.25, -0.2) is 18.4 Å². The molecule has 3 aromatic rings. The van der Waals surface area contributed by atoms with E-state index >= 15 is 0 Å². The van der Waals surface area contributed by atoms with Crippen LogP contribution in [0.2, 0.25) is 0 Å². The van der Waals surface area contributed by atoms with Gasteiger partial charge in [0.25, 0.3) is 0 Å². The monoisotopic (exact) mass is 470 g/mol. The van der Waals surface area contributed by atoms with E-state index in [2.05, 4.69) is 20.4 Å². The zero-order valence-corrected chi connectivity index (χ0v) is 17.6. The van der Waals surface area contributed by atoms with Crippen LogP contribution in [0.1, 0.15) is 17.9 Å². The number of ether oxygens (including phenoxy) is 1. The smallest absolute Gasteiger partial charge is 0.433 e. The van der Waals surface area contributed by atoms with E-state index in [1.54, 1.807) is 6.92 Å². The Morgan fingerprint density at radius 1 is 1.16 bits per heavy atom. The molecule has 0 aliphatic carbocycles. The second kappa shape index (κ2) is 8.94. The highest BCUT2D eigenvalue weighted by molar-refractivity contribution is 7.91. The molecule has 9 nitrogen and oxygen atoms in total. The first-order valence-corrected chi connectivity index (χ1v) is 10.7. The normalized spacial score (nSPS) is 11.9. The van der Waals surface area contributed by atoms with Crippen molar-refractivity contribution in [1.82, 2.24) is 15.1 Å². The highest BCUT2D eigenvalue weighted by Crippen LogP contribution is 2.31. The molecule has 13 heteroatoms. The van der Waals surface area contributed by atoms with E-state index in [-0.39, 0.29) is 17.1 Å². The number of amides is 1. The predicted molar refractivity (Wildman–Crippen MR) is 106 cm³/mol. The molecular formula is C19H17F3N4O5S. The average molecular weight is 470 g/mol. The third-order valence-corrected chi connectivity index (χ3v) is 5.63. The molecule has 170 valence electrons. The number of nitrogens with one attached hydrogen (secondary N) is 1. The molecule has 0 atom stereocenters. The molecule has 0 spiro atoms. The summed E-state index contributed by atoms with van der Waals surface area (Å²) in [5, 5.41) is 4.84. The SMILES string of the molecule is COc1ccc(-c2cc(C(F)(F)F)nc(S(=O)(=O)CCC(=O)Nc3cc(C)on3)n2)cc1. The van der Waals surface area contributed by atoms with Crippen LogP contribution < -0.4 is 10.1 Å². The van der Waals surface area contributed by atoms with Gasteiger partial charge in [-0.05, 0) is 37.3 Å². The molecule has 0 saturated heterocycles. The number of aryl methyl sites for hydroxylation is 1. The number of anilines is 1. The van der Waals surface area contributed by atoms with E-state index in [0.29, 0.717) is 17.6 Å². The van der Waals surface area contributed by atoms with E-state index in [1.807, 2.05) is 0 Å². The maximum Gasteiger partial charge on any atom is 0.433 e. The first kappa shape index (κ1) is 23.2. The van der Waals surface area contributed by atoms with E-state index < -0.39 is 44.9 Å². The maximum absolute atomic E-state index is 13.3. The van der Waals surface area contributed by atoms with Gasteiger partial charge in [0.2, 0.25) is 20.9 Å². The number of sulfone groups is 1. The zero-order chi connectivity index (χ0) is 23.5. The molecule has 0 bridgehead atoms. The summed E-state index contributed by atoms with van der Waals surface area (Å²) in [6.07, 6.45) is -5.46. The fourth-order valence-electron chi connectivity index (χ4n) is 2.57. The van der Waals surface area contributed by atoms with Gasteiger partial charge < -0.3 is 14.6 Å². The molecular weight excluding hydrogens is 453 g/mol. The van der Waals surface area contributed by atoms with E-state index in [4.69, 9.17) is 9.26 Å². The van der Waals surface area contributed by atoms with Crippen LogP contribution in [0.4, 0.5) is 19.0 Å². The molecule has 0 fully saturated rings. The summed E-state index contributed by atoms with van der Waals surface area (Å²) in [5.74, 6) is -0.554. The van der Waals surface area contributed by atoms with Gasteiger partial charge in [-0.2, -0.15) is 13.2 Å². The van der Waals surface area contributed by atoms with Crippen LogP contribution in [0.15, 0.2) is 46.1 Å². The van der Waals surface area contributed by atoms with Crippen molar-refractivity contribution in [3.05, 3.63) is 47.9 Å². The molecule has 32 heavy (non-hydrogen) atoms. The van der Waals surface area contributed by atoms with Gasteiger partial charge in [-0.3, -0.25) is 4.79 Å². The Morgan fingerprint density at radius 2 is 1.84 bits per heavy atom. The van der Waals surface area contributed by atoms with Crippen molar-refractivity contribution < 1.29 is 35.6 Å². The molecule has 0 aliphatic rings. The summed E-state index contributed by atoms with van der Waals surface area (Å²) in [6, 6.07) is 7.93. The Hall–Kier alpha value is -3.48. The third-order valence-electron chi connectivity index (χ3n) is 4.15. The fraction of sp³-hybridized carbons (Fsp3) is 0.263. The number of rotatable bonds is 7. The Labute approximate surface area is 180 Å². The lowest BCUT2D eigenvalue weighted by Crippen LogP contribution is -2.20. The van der Waals surface area contributed by atoms with Gasteiger partial charge in [0, 0.05) is 18.1 Å². The average Bonchev–Trinajstić information content (AvgIpc) is 3.16. The molecule has 0 aliphatic heterocycles. The molecule has 1 aromatic carbocycles. The number of methoxy groups -OCH3 is 1. The Kier molecular flexibility index (Phi) is 6.48. The zero-order valence-electron chi connectivity index (χ0n) is 16.8. The molecule has 2 aromatic heterocycles. The number of carbonyl (C=O) groups excluding carboxylic acids is 1. The maximum atomic E-state index is 13.3. The van der Waals surface area contributed by atoms with Gasteiger partial charge in [0.15, 0.2) is 5.82 Å². The summed E-state index contributed by atoms with van der Waals surface area (Å²) in [7, 11) is -3.00. The lowest BCUT2D eigenvalue weighted by Gasteiger charge is -2.11. The number of halogens is 3. The summed E-state index contributed by atoms with van der Waals surface area (Å²) in [4.78, 5) is 19.0. The van der Waals surface area contributed by atoms with Gasteiger partial charge in [-0.15, -0.1) is 0 Å². The van der Waals surface area contributed by atoms with E-state index in [9.17, 15) is 26.4 Å². The second-order valence-electron chi connectivity index (χ2n) is 6.59. The van der Waals surface area contributed by atoms with Crippen molar-refractivity contribution in [2.75, 3.05) is 18.2 Å². The van der Waals surface area contributed by atoms with Gasteiger partial charge in [0.1, 0.15) is 17.2 Å². The molecule has 0 radical (unpaired) electrons. The number of hydrogen-bond acceptors (Lipinski definition) is 8. The van der Waals surface area contributed by atoms with Crippen molar-refractivity contribution >= 4 is 21.6 Å². The molecule has 3 rings (SSSR count). The lowest BCUT2D eigenvalue weighted by molar-refractivity contribution is -0.141.